The minimum absolute atomic E-state index is 0.0885. The second-order valence-electron chi connectivity index (χ2n) is 8.56. The molecule has 19 heteroatoms. The number of halogens is 13. The number of nitrogens with zero attached hydrogens (tertiary/aromatic N) is 3. The molecule has 4 rings (SSSR count). The Labute approximate surface area is 282 Å². The zero-order chi connectivity index (χ0) is 36.8. The van der Waals surface area contributed by atoms with Gasteiger partial charge in [0.05, 0.1) is 19.7 Å². The first kappa shape index (κ1) is 39.5. The van der Waals surface area contributed by atoms with Crippen LogP contribution in [0.25, 0.3) is 0 Å². The monoisotopic (exact) mass is 755 g/mol. The van der Waals surface area contributed by atoms with Crippen LogP contribution < -0.4 is 5.73 Å². The molecule has 2 aromatic carbocycles. The topological polar surface area (TPSA) is 98.3 Å². The lowest BCUT2D eigenvalue weighted by Gasteiger charge is -2.11. The molecule has 0 spiro atoms. The Bertz CT molecular complexity index is 1630. The summed E-state index contributed by atoms with van der Waals surface area (Å²) < 4.78 is 116. The van der Waals surface area contributed by atoms with Crippen molar-refractivity contribution in [3.63, 3.8) is 0 Å². The van der Waals surface area contributed by atoms with Crippen LogP contribution in [-0.2, 0) is 30.0 Å². The van der Waals surface area contributed by atoms with E-state index in [2.05, 4.69) is 15.1 Å². The van der Waals surface area contributed by atoms with Crippen LogP contribution in [0.4, 0.5) is 50.9 Å². The molecule has 254 valence electrons. The van der Waals surface area contributed by atoms with Gasteiger partial charge in [-0.05, 0) is 58.8 Å². The first-order chi connectivity index (χ1) is 22.2. The molecule has 0 saturated carbocycles. The average molecular weight is 757 g/mol. The van der Waals surface area contributed by atoms with E-state index in [1.54, 1.807) is 0 Å². The number of benzene rings is 2. The Kier molecular flexibility index (Phi) is 15.7. The number of Topliss-reactive ketones (excluding diaryl/α,β-unsaturated/α-hetero) is 1. The number of alkyl halides is 7. The number of nitrogens with two attached hydrogens (primary N) is 1. The summed E-state index contributed by atoms with van der Waals surface area (Å²) in [5.41, 5.74) is 2.31. The second-order valence-corrected chi connectivity index (χ2v) is 10.1. The van der Waals surface area contributed by atoms with Gasteiger partial charge >= 0.3 is 12.4 Å². The maximum absolute atomic E-state index is 13.9. The van der Waals surface area contributed by atoms with Crippen LogP contribution in [-0.4, -0.2) is 22.9 Å². The van der Waals surface area contributed by atoms with Gasteiger partial charge in [-0.2, -0.15) is 26.3 Å². The van der Waals surface area contributed by atoms with E-state index in [0.717, 1.165) is 24.3 Å². The SMILES string of the molecule is Nc1cc(Cl)nc(Cl)c1.O=C(Cc1cc(Cl)nc(Cl)c1)Cc1cccc(C(F)(F)F)c1F.O=Nc1cccc(C(F)(F)F)c1F.[2H]CF. The van der Waals surface area contributed by atoms with Crippen LogP contribution in [0.3, 0.4) is 0 Å². The molecule has 0 aliphatic heterocycles. The van der Waals surface area contributed by atoms with Crippen molar-refractivity contribution in [2.45, 2.75) is 25.2 Å². The van der Waals surface area contributed by atoms with Gasteiger partial charge in [0.1, 0.15) is 37.9 Å². The lowest BCUT2D eigenvalue weighted by atomic mass is 10.0. The van der Waals surface area contributed by atoms with Crippen molar-refractivity contribution in [3.05, 3.63) is 120 Å². The van der Waals surface area contributed by atoms with Gasteiger partial charge in [-0.3, -0.25) is 9.18 Å². The van der Waals surface area contributed by atoms with E-state index in [9.17, 15) is 49.2 Å². The molecule has 2 aromatic heterocycles. The van der Waals surface area contributed by atoms with Gasteiger partial charge in [-0.1, -0.05) is 64.6 Å². The lowest BCUT2D eigenvalue weighted by molar-refractivity contribution is -0.140. The Hall–Kier alpha value is -3.66. The smallest absolute Gasteiger partial charge is 0.399 e. The van der Waals surface area contributed by atoms with Crippen LogP contribution in [0.2, 0.25) is 20.6 Å². The van der Waals surface area contributed by atoms with Gasteiger partial charge < -0.3 is 5.73 Å². The molecule has 0 aliphatic rings. The van der Waals surface area contributed by atoms with Gasteiger partial charge in [0.25, 0.3) is 0 Å². The summed E-state index contributed by atoms with van der Waals surface area (Å²) in [5.74, 6) is -3.54. The van der Waals surface area contributed by atoms with Crippen molar-refractivity contribution in [2.24, 2.45) is 5.18 Å². The molecule has 0 atom stereocenters. The number of aromatic nitrogens is 2. The fourth-order valence-electron chi connectivity index (χ4n) is 3.35. The summed E-state index contributed by atoms with van der Waals surface area (Å²) in [5, 5.41) is 2.94. The highest BCUT2D eigenvalue weighted by Crippen LogP contribution is 2.35. The molecule has 0 fully saturated rings. The predicted molar refractivity (Wildman–Crippen MR) is 161 cm³/mol. The van der Waals surface area contributed by atoms with Crippen LogP contribution in [0.5, 0.6) is 0 Å². The quantitative estimate of drug-likeness (QED) is 0.124. The molecule has 2 heterocycles. The largest absolute Gasteiger partial charge is 0.419 e. The van der Waals surface area contributed by atoms with Gasteiger partial charge in [0.2, 0.25) is 0 Å². The fraction of sp³-hybridized carbons (Fsp3) is 0.179. The van der Waals surface area contributed by atoms with Gasteiger partial charge in [0.15, 0.2) is 5.82 Å². The van der Waals surface area contributed by atoms with Crippen molar-refractivity contribution in [1.29, 1.82) is 0 Å². The Morgan fingerprint density at radius 1 is 0.787 bits per heavy atom. The Morgan fingerprint density at radius 3 is 1.64 bits per heavy atom. The molecule has 0 saturated heterocycles. The van der Waals surface area contributed by atoms with E-state index < -0.39 is 60.2 Å². The highest BCUT2D eigenvalue weighted by atomic mass is 35.5. The summed E-state index contributed by atoms with van der Waals surface area (Å²) in [6.45, 7) is 0. The number of ketones is 1. The second kappa shape index (κ2) is 18.6. The zero-order valence-corrected chi connectivity index (χ0v) is 26.1. The molecule has 0 bridgehead atoms. The molecule has 0 aliphatic carbocycles. The molecule has 0 amide bonds. The standard InChI is InChI=1S/C15H9Cl2F4NO.C7H3F4NO.C5H4Cl2N2.CH3F/c16-12-5-8(6-13(17)22-12)4-10(23)7-9-2-1-3-11(14(9)18)15(19,20)21;8-6-4(7(9,10)11)2-1-3-5(6)12-13;6-4-1-3(8)2-5(7)9-4;1-2/h1-3,5-6H,4,7H2;1-3H;1-2H,(H2,8,9);1H3/i;;;1D. The van der Waals surface area contributed by atoms with E-state index in [4.69, 9.17) is 53.5 Å². The molecule has 4 aromatic rings. The van der Waals surface area contributed by atoms with Crippen molar-refractivity contribution in [2.75, 3.05) is 12.9 Å². The third-order valence-corrected chi connectivity index (χ3v) is 5.94. The van der Waals surface area contributed by atoms with Crippen molar-refractivity contribution < 1.29 is 45.7 Å². The van der Waals surface area contributed by atoms with Gasteiger partial charge in [-0.25, -0.2) is 18.7 Å². The van der Waals surface area contributed by atoms with Crippen molar-refractivity contribution in [1.82, 2.24) is 9.97 Å². The minimum atomic E-state index is -4.81. The zero-order valence-electron chi connectivity index (χ0n) is 24.0. The molecule has 6 nitrogen and oxygen atoms in total. The molecule has 0 unspecified atom stereocenters. The Balaban J connectivity index is 0.000000386. The van der Waals surface area contributed by atoms with Crippen LogP contribution in [0, 0.1) is 16.5 Å². The lowest BCUT2D eigenvalue weighted by Crippen LogP contribution is -2.13. The number of pyridine rings is 2. The van der Waals surface area contributed by atoms with Crippen molar-refractivity contribution in [3.8, 4) is 0 Å². The van der Waals surface area contributed by atoms with Gasteiger partial charge in [-0.15, -0.1) is 4.91 Å². The molecular weight excluding hydrogens is 737 g/mol. The van der Waals surface area contributed by atoms with Crippen LogP contribution >= 0.6 is 46.4 Å². The summed E-state index contributed by atoms with van der Waals surface area (Å²) >= 11 is 22.3. The highest BCUT2D eigenvalue weighted by molar-refractivity contribution is 6.33. The number of nitrogen functional groups attached to an aromatic ring is 1. The van der Waals surface area contributed by atoms with E-state index in [0.29, 0.717) is 33.7 Å². The van der Waals surface area contributed by atoms with Crippen LogP contribution in [0.1, 0.15) is 23.6 Å². The van der Waals surface area contributed by atoms with Gasteiger partial charge in [0, 0.05) is 18.5 Å². The third kappa shape index (κ3) is 13.9. The first-order valence-corrected chi connectivity index (χ1v) is 13.6. The average Bonchev–Trinajstić information content (AvgIpc) is 2.93. The summed E-state index contributed by atoms with van der Waals surface area (Å²) in [6.07, 6.45) is -10.2. The number of nitroso groups, excluding NO2 is 1. The van der Waals surface area contributed by atoms with E-state index >= 15 is 0 Å². The number of hydrogen-bond acceptors (Lipinski definition) is 6. The number of anilines is 1. The van der Waals surface area contributed by atoms with Crippen molar-refractivity contribution >= 4 is 63.6 Å². The maximum atomic E-state index is 13.9. The summed E-state index contributed by atoms with van der Waals surface area (Å²) in [7, 11) is -1.00. The predicted octanol–water partition coefficient (Wildman–Crippen LogP) is 10.7. The number of hydrogen-bond donors (Lipinski definition) is 1. The number of rotatable bonds is 5. The molecule has 0 radical (unpaired) electrons. The normalized spacial score (nSPS) is 11.0. The maximum Gasteiger partial charge on any atom is 0.419 e. The van der Waals surface area contributed by atoms with E-state index in [1.807, 2.05) is 0 Å². The third-order valence-electron chi connectivity index (χ3n) is 5.16. The number of carbonyl (C=O) groups excluding carboxylic acids is 1. The molecular formula is C28H19Cl4F9N4O2. The Morgan fingerprint density at radius 2 is 1.21 bits per heavy atom. The molecule has 2 N–H and O–H groups in total. The first-order valence-electron chi connectivity index (χ1n) is 12.7. The van der Waals surface area contributed by atoms with Crippen LogP contribution in [0.15, 0.2) is 65.8 Å². The number of carbonyl (C=O) groups is 1. The van der Waals surface area contributed by atoms with E-state index in [-0.39, 0.29) is 22.3 Å². The fourth-order valence-corrected chi connectivity index (χ4v) is 4.33. The summed E-state index contributed by atoms with van der Waals surface area (Å²) in [6, 6.07) is 11.1. The minimum Gasteiger partial charge on any atom is -0.399 e. The summed E-state index contributed by atoms with van der Waals surface area (Å²) in [4.78, 5) is 29.2. The van der Waals surface area contributed by atoms with E-state index in [1.165, 1.54) is 24.3 Å². The molecule has 47 heavy (non-hydrogen) atoms. The highest BCUT2D eigenvalue weighted by Gasteiger charge is 2.35.